The molecule has 0 amide bonds. The maximum Gasteiger partial charge on any atom is 0.0624 e. The molecule has 0 aromatic rings. The minimum absolute atomic E-state index is 0.584. The van der Waals surface area contributed by atoms with Crippen LogP contribution in [0.4, 0.5) is 0 Å². The van der Waals surface area contributed by atoms with Crippen LogP contribution in [0.1, 0.15) is 47.0 Å². The molecule has 1 N–H and O–H groups in total. The van der Waals surface area contributed by atoms with Crippen molar-refractivity contribution in [3.05, 3.63) is 0 Å². The Labute approximate surface area is 113 Å². The van der Waals surface area contributed by atoms with Gasteiger partial charge < -0.3 is 10.1 Å². The number of nitrogens with one attached hydrogen (secondary N) is 1. The van der Waals surface area contributed by atoms with E-state index in [0.717, 1.165) is 19.8 Å². The molecule has 0 aromatic heterocycles. The first-order valence-corrected chi connectivity index (χ1v) is 7.74. The minimum atomic E-state index is 0.584. The molecular weight excluding hydrogens is 224 g/mol. The Morgan fingerprint density at radius 3 is 2.67 bits per heavy atom. The summed E-state index contributed by atoms with van der Waals surface area (Å²) in [6, 6.07) is 1.29. The van der Waals surface area contributed by atoms with Crippen LogP contribution in [-0.2, 0) is 4.74 Å². The molecule has 0 radical (unpaired) electrons. The molecule has 3 heteroatoms. The summed E-state index contributed by atoms with van der Waals surface area (Å²) in [5, 5.41) is 3.65. The molecule has 1 aliphatic rings. The number of hydrogen-bond donors (Lipinski definition) is 1. The van der Waals surface area contributed by atoms with Crippen LogP contribution in [0.3, 0.4) is 0 Å². The zero-order chi connectivity index (χ0) is 13.4. The molecule has 1 fully saturated rings. The number of rotatable bonds is 6. The van der Waals surface area contributed by atoms with E-state index in [4.69, 9.17) is 4.74 Å². The van der Waals surface area contributed by atoms with E-state index in [-0.39, 0.29) is 0 Å². The summed E-state index contributed by atoms with van der Waals surface area (Å²) in [6.45, 7) is 14.3. The van der Waals surface area contributed by atoms with Crippen molar-refractivity contribution in [1.29, 1.82) is 0 Å². The van der Waals surface area contributed by atoms with E-state index < -0.39 is 0 Å². The summed E-state index contributed by atoms with van der Waals surface area (Å²) in [6.07, 6.45) is 3.77. The van der Waals surface area contributed by atoms with Gasteiger partial charge in [0.1, 0.15) is 0 Å². The Morgan fingerprint density at radius 2 is 2.06 bits per heavy atom. The van der Waals surface area contributed by atoms with Crippen molar-refractivity contribution < 1.29 is 4.74 Å². The average molecular weight is 256 g/mol. The normalized spacial score (nSPS) is 24.8. The van der Waals surface area contributed by atoms with E-state index in [1.54, 1.807) is 0 Å². The van der Waals surface area contributed by atoms with Crippen molar-refractivity contribution in [2.24, 2.45) is 5.92 Å². The van der Waals surface area contributed by atoms with Gasteiger partial charge >= 0.3 is 0 Å². The third-order valence-corrected chi connectivity index (χ3v) is 4.04. The van der Waals surface area contributed by atoms with Crippen LogP contribution in [0.2, 0.25) is 0 Å². The zero-order valence-electron chi connectivity index (χ0n) is 12.7. The fourth-order valence-electron chi connectivity index (χ4n) is 2.76. The summed E-state index contributed by atoms with van der Waals surface area (Å²) in [5.74, 6) is 0.670. The molecule has 2 unspecified atom stereocenters. The monoisotopic (exact) mass is 256 g/mol. The van der Waals surface area contributed by atoms with Crippen molar-refractivity contribution in [3.8, 4) is 0 Å². The van der Waals surface area contributed by atoms with Crippen LogP contribution in [0, 0.1) is 5.92 Å². The molecule has 0 aliphatic carbocycles. The zero-order valence-corrected chi connectivity index (χ0v) is 12.7. The van der Waals surface area contributed by atoms with Gasteiger partial charge in [-0.05, 0) is 45.2 Å². The lowest BCUT2D eigenvalue weighted by Gasteiger charge is -2.37. The van der Waals surface area contributed by atoms with Gasteiger partial charge in [-0.3, -0.25) is 4.90 Å². The highest BCUT2D eigenvalue weighted by atomic mass is 16.5. The molecule has 0 saturated carbocycles. The number of hydrogen-bond acceptors (Lipinski definition) is 3. The quantitative estimate of drug-likeness (QED) is 0.790. The van der Waals surface area contributed by atoms with Gasteiger partial charge in [0.05, 0.1) is 6.61 Å². The standard InChI is InChI=1S/C15H32N2O/c1-5-14-8-11-17(10-7-9-16-14)15(13(3)4)12-18-6-2/h13-16H,5-12H2,1-4H3. The number of ether oxygens (including phenoxy) is 1. The van der Waals surface area contributed by atoms with Crippen molar-refractivity contribution in [2.45, 2.75) is 59.0 Å². The van der Waals surface area contributed by atoms with E-state index in [0.29, 0.717) is 18.0 Å². The van der Waals surface area contributed by atoms with Gasteiger partial charge in [-0.2, -0.15) is 0 Å². The van der Waals surface area contributed by atoms with E-state index in [1.807, 2.05) is 0 Å². The van der Waals surface area contributed by atoms with Crippen LogP contribution in [0.25, 0.3) is 0 Å². The van der Waals surface area contributed by atoms with Gasteiger partial charge in [-0.1, -0.05) is 20.8 Å². The molecule has 1 heterocycles. The maximum absolute atomic E-state index is 5.68. The summed E-state index contributed by atoms with van der Waals surface area (Å²) in [7, 11) is 0. The first-order chi connectivity index (χ1) is 8.69. The highest BCUT2D eigenvalue weighted by Gasteiger charge is 2.23. The Kier molecular flexibility index (Phi) is 7.87. The van der Waals surface area contributed by atoms with Crippen LogP contribution in [0.15, 0.2) is 0 Å². The van der Waals surface area contributed by atoms with Crippen LogP contribution in [0.5, 0.6) is 0 Å². The van der Waals surface area contributed by atoms with Crippen LogP contribution < -0.4 is 5.32 Å². The lowest BCUT2D eigenvalue weighted by atomic mass is 10.0. The lowest BCUT2D eigenvalue weighted by molar-refractivity contribution is 0.0386. The highest BCUT2D eigenvalue weighted by molar-refractivity contribution is 4.79. The predicted octanol–water partition coefficient (Wildman–Crippen LogP) is 2.51. The van der Waals surface area contributed by atoms with Crippen LogP contribution in [-0.4, -0.2) is 49.8 Å². The maximum atomic E-state index is 5.68. The van der Waals surface area contributed by atoms with Gasteiger partial charge in [0.2, 0.25) is 0 Å². The Bertz CT molecular complexity index is 209. The fraction of sp³-hybridized carbons (Fsp3) is 1.00. The number of nitrogens with zero attached hydrogens (tertiary/aromatic N) is 1. The van der Waals surface area contributed by atoms with Crippen molar-refractivity contribution in [2.75, 3.05) is 32.8 Å². The van der Waals surface area contributed by atoms with E-state index in [1.165, 1.54) is 32.4 Å². The molecule has 0 aromatic carbocycles. The highest BCUT2D eigenvalue weighted by Crippen LogP contribution is 2.15. The first-order valence-electron chi connectivity index (χ1n) is 7.74. The second-order valence-corrected chi connectivity index (χ2v) is 5.71. The van der Waals surface area contributed by atoms with Gasteiger partial charge in [0, 0.05) is 25.2 Å². The summed E-state index contributed by atoms with van der Waals surface area (Å²) in [5.41, 5.74) is 0. The Balaban J connectivity index is 2.52. The van der Waals surface area contributed by atoms with Gasteiger partial charge in [0.15, 0.2) is 0 Å². The third kappa shape index (κ3) is 5.25. The molecule has 2 atom stereocenters. The van der Waals surface area contributed by atoms with Crippen molar-refractivity contribution >= 4 is 0 Å². The summed E-state index contributed by atoms with van der Waals surface area (Å²) < 4.78 is 5.68. The van der Waals surface area contributed by atoms with Crippen molar-refractivity contribution in [1.82, 2.24) is 10.2 Å². The molecule has 0 spiro atoms. The Morgan fingerprint density at radius 1 is 1.28 bits per heavy atom. The molecule has 1 aliphatic heterocycles. The summed E-state index contributed by atoms with van der Waals surface area (Å²) >= 11 is 0. The molecule has 108 valence electrons. The SMILES string of the molecule is CCOCC(C(C)C)N1CCCNC(CC)CC1. The van der Waals surface area contributed by atoms with Crippen molar-refractivity contribution in [3.63, 3.8) is 0 Å². The van der Waals surface area contributed by atoms with E-state index in [2.05, 4.69) is 37.9 Å². The second kappa shape index (κ2) is 8.89. The molecule has 3 nitrogen and oxygen atoms in total. The first kappa shape index (κ1) is 15.9. The third-order valence-electron chi connectivity index (χ3n) is 4.04. The van der Waals surface area contributed by atoms with Gasteiger partial charge in [-0.15, -0.1) is 0 Å². The second-order valence-electron chi connectivity index (χ2n) is 5.71. The molecular formula is C15H32N2O. The summed E-state index contributed by atoms with van der Waals surface area (Å²) in [4.78, 5) is 2.66. The molecule has 1 saturated heterocycles. The topological polar surface area (TPSA) is 24.5 Å². The molecule has 0 bridgehead atoms. The average Bonchev–Trinajstić information content (AvgIpc) is 2.32. The lowest BCUT2D eigenvalue weighted by Crippen LogP contribution is -2.47. The largest absolute Gasteiger partial charge is 0.380 e. The Hall–Kier alpha value is -0.120. The van der Waals surface area contributed by atoms with Gasteiger partial charge in [-0.25, -0.2) is 0 Å². The van der Waals surface area contributed by atoms with E-state index >= 15 is 0 Å². The predicted molar refractivity (Wildman–Crippen MR) is 78.0 cm³/mol. The smallest absolute Gasteiger partial charge is 0.0624 e. The van der Waals surface area contributed by atoms with Gasteiger partial charge in [0.25, 0.3) is 0 Å². The molecule has 1 rings (SSSR count). The fourth-order valence-corrected chi connectivity index (χ4v) is 2.76. The van der Waals surface area contributed by atoms with E-state index in [9.17, 15) is 0 Å². The minimum Gasteiger partial charge on any atom is -0.380 e. The van der Waals surface area contributed by atoms with Crippen LogP contribution >= 0.6 is 0 Å². The molecule has 18 heavy (non-hydrogen) atoms.